The van der Waals surface area contributed by atoms with E-state index < -0.39 is 12.1 Å². The first-order valence-corrected chi connectivity index (χ1v) is 3.95. The van der Waals surface area contributed by atoms with Crippen LogP contribution in [0.1, 0.15) is 22.6 Å². The molecule has 0 amide bonds. The summed E-state index contributed by atoms with van der Waals surface area (Å²) in [6.07, 6.45) is -2.48. The molecule has 1 rings (SSSR count). The number of aromatic nitrogens is 1. The molecule has 0 unspecified atom stereocenters. The highest BCUT2D eigenvalue weighted by Crippen LogP contribution is 2.29. The fourth-order valence-corrected chi connectivity index (χ4v) is 1.13. The van der Waals surface area contributed by atoms with Gasteiger partial charge in [-0.15, -0.1) is 0 Å². The second-order valence-electron chi connectivity index (χ2n) is 2.36. The van der Waals surface area contributed by atoms with Gasteiger partial charge in [0.1, 0.15) is 17.1 Å². The Balaban J connectivity index is 3.30. The smallest absolute Gasteiger partial charge is 0.281 e. The Bertz CT molecular complexity index is 357. The monoisotopic (exact) mass is 221 g/mol. The summed E-state index contributed by atoms with van der Waals surface area (Å²) in [6, 6.07) is 1.14. The van der Waals surface area contributed by atoms with Crippen LogP contribution in [0.2, 0.25) is 5.02 Å². The van der Waals surface area contributed by atoms with Crippen LogP contribution in [0.25, 0.3) is 0 Å². The molecular weight excluding hydrogens is 216 g/mol. The third-order valence-corrected chi connectivity index (χ3v) is 1.84. The number of pyridine rings is 1. The first kappa shape index (κ1) is 10.8. The molecular formula is C8H6ClF2NO2. The quantitative estimate of drug-likeness (QED) is 0.736. The van der Waals surface area contributed by atoms with Crippen LogP contribution in [0, 0.1) is 0 Å². The molecule has 0 aromatic carbocycles. The SMILES string of the molecule is COc1cc(Cl)c(C(F)F)nc1C=O. The van der Waals surface area contributed by atoms with Crippen LogP contribution in [0.5, 0.6) is 5.75 Å². The summed E-state index contributed by atoms with van der Waals surface area (Å²) in [5.74, 6) is 0.0781. The summed E-state index contributed by atoms with van der Waals surface area (Å²) in [5, 5.41) is -0.220. The van der Waals surface area contributed by atoms with Crippen molar-refractivity contribution in [1.29, 1.82) is 0 Å². The van der Waals surface area contributed by atoms with Crippen molar-refractivity contribution in [3.05, 3.63) is 22.5 Å². The van der Waals surface area contributed by atoms with E-state index in [1.807, 2.05) is 0 Å². The fraction of sp³-hybridized carbons (Fsp3) is 0.250. The largest absolute Gasteiger partial charge is 0.494 e. The van der Waals surface area contributed by atoms with Gasteiger partial charge in [0, 0.05) is 6.07 Å². The molecule has 0 aliphatic rings. The molecule has 1 aromatic heterocycles. The van der Waals surface area contributed by atoms with Crippen molar-refractivity contribution in [2.75, 3.05) is 7.11 Å². The number of halogens is 3. The van der Waals surface area contributed by atoms with Gasteiger partial charge in [0.05, 0.1) is 12.1 Å². The van der Waals surface area contributed by atoms with Crippen molar-refractivity contribution < 1.29 is 18.3 Å². The summed E-state index contributed by atoms with van der Waals surface area (Å²) in [6.45, 7) is 0. The minimum absolute atomic E-state index is 0.0781. The van der Waals surface area contributed by atoms with E-state index >= 15 is 0 Å². The Hall–Kier alpha value is -1.23. The van der Waals surface area contributed by atoms with Crippen molar-refractivity contribution >= 4 is 17.9 Å². The Morgan fingerprint density at radius 1 is 1.64 bits per heavy atom. The molecule has 0 saturated carbocycles. The Morgan fingerprint density at radius 2 is 2.29 bits per heavy atom. The number of carbonyl (C=O) groups is 1. The predicted molar refractivity (Wildman–Crippen MR) is 46.1 cm³/mol. The van der Waals surface area contributed by atoms with Gasteiger partial charge in [-0.1, -0.05) is 11.6 Å². The molecule has 0 spiro atoms. The van der Waals surface area contributed by atoms with Gasteiger partial charge >= 0.3 is 0 Å². The lowest BCUT2D eigenvalue weighted by Crippen LogP contribution is -2.00. The standard InChI is InChI=1S/C8H6ClF2NO2/c1-14-6-2-4(9)7(8(10)11)12-5(6)3-13/h2-3,8H,1H3. The summed E-state index contributed by atoms with van der Waals surface area (Å²) >= 11 is 5.49. The van der Waals surface area contributed by atoms with E-state index in [9.17, 15) is 13.6 Å². The van der Waals surface area contributed by atoms with E-state index in [1.54, 1.807) is 0 Å². The van der Waals surface area contributed by atoms with Crippen LogP contribution >= 0.6 is 11.6 Å². The number of hydrogen-bond acceptors (Lipinski definition) is 3. The maximum Gasteiger partial charge on any atom is 0.281 e. The van der Waals surface area contributed by atoms with Crippen LogP contribution in [0.15, 0.2) is 6.07 Å². The molecule has 0 radical (unpaired) electrons. The molecule has 1 aromatic rings. The number of ether oxygens (including phenoxy) is 1. The third-order valence-electron chi connectivity index (χ3n) is 1.53. The van der Waals surface area contributed by atoms with Gasteiger partial charge in [-0.05, 0) is 0 Å². The average molecular weight is 222 g/mol. The zero-order chi connectivity index (χ0) is 10.7. The van der Waals surface area contributed by atoms with Gasteiger partial charge in [-0.3, -0.25) is 4.79 Å². The molecule has 0 atom stereocenters. The Kier molecular flexibility index (Phi) is 3.35. The minimum atomic E-state index is -2.81. The lowest BCUT2D eigenvalue weighted by molar-refractivity contribution is 0.111. The summed E-state index contributed by atoms with van der Waals surface area (Å²) in [7, 11) is 1.29. The highest BCUT2D eigenvalue weighted by atomic mass is 35.5. The van der Waals surface area contributed by atoms with Crippen molar-refractivity contribution in [2.24, 2.45) is 0 Å². The molecule has 0 aliphatic heterocycles. The van der Waals surface area contributed by atoms with E-state index in [0.29, 0.717) is 6.29 Å². The molecule has 6 heteroatoms. The first-order valence-electron chi connectivity index (χ1n) is 3.58. The van der Waals surface area contributed by atoms with Crippen LogP contribution in [0.3, 0.4) is 0 Å². The zero-order valence-corrected chi connectivity index (χ0v) is 7.89. The number of nitrogens with zero attached hydrogens (tertiary/aromatic N) is 1. The van der Waals surface area contributed by atoms with Gasteiger partial charge in [0.2, 0.25) is 0 Å². The lowest BCUT2D eigenvalue weighted by atomic mass is 10.3. The van der Waals surface area contributed by atoms with Crippen molar-refractivity contribution in [3.63, 3.8) is 0 Å². The molecule has 0 aliphatic carbocycles. The van der Waals surface area contributed by atoms with Crippen molar-refractivity contribution in [2.45, 2.75) is 6.43 Å². The maximum atomic E-state index is 12.3. The highest BCUT2D eigenvalue weighted by molar-refractivity contribution is 6.31. The number of carbonyl (C=O) groups excluding carboxylic acids is 1. The van der Waals surface area contributed by atoms with Gasteiger partial charge in [-0.25, -0.2) is 13.8 Å². The van der Waals surface area contributed by atoms with E-state index in [0.717, 1.165) is 6.07 Å². The normalized spacial score (nSPS) is 10.4. The lowest BCUT2D eigenvalue weighted by Gasteiger charge is -2.07. The molecule has 0 N–H and O–H groups in total. The summed E-state index contributed by atoms with van der Waals surface area (Å²) in [4.78, 5) is 13.8. The van der Waals surface area contributed by atoms with Crippen molar-refractivity contribution in [3.8, 4) is 5.75 Å². The molecule has 76 valence electrons. The van der Waals surface area contributed by atoms with Crippen LogP contribution in [-0.4, -0.2) is 18.4 Å². The predicted octanol–water partition coefficient (Wildman–Crippen LogP) is 2.49. The molecule has 0 fully saturated rings. The molecule has 0 saturated heterocycles. The maximum absolute atomic E-state index is 12.3. The fourth-order valence-electron chi connectivity index (χ4n) is 0.902. The minimum Gasteiger partial charge on any atom is -0.494 e. The molecule has 1 heterocycles. The second kappa shape index (κ2) is 4.32. The number of alkyl halides is 2. The second-order valence-corrected chi connectivity index (χ2v) is 2.77. The first-order chi connectivity index (χ1) is 6.60. The highest BCUT2D eigenvalue weighted by Gasteiger charge is 2.17. The molecule has 3 nitrogen and oxygen atoms in total. The summed E-state index contributed by atoms with van der Waals surface area (Å²) in [5.41, 5.74) is -0.804. The van der Waals surface area contributed by atoms with Gasteiger partial charge in [-0.2, -0.15) is 0 Å². The third kappa shape index (κ3) is 1.98. The van der Waals surface area contributed by atoms with E-state index in [1.165, 1.54) is 7.11 Å². The average Bonchev–Trinajstić information content (AvgIpc) is 2.16. The summed E-state index contributed by atoms with van der Waals surface area (Å²) < 4.78 is 29.3. The zero-order valence-electron chi connectivity index (χ0n) is 7.13. The number of rotatable bonds is 3. The topological polar surface area (TPSA) is 39.2 Å². The van der Waals surface area contributed by atoms with Crippen molar-refractivity contribution in [1.82, 2.24) is 4.98 Å². The van der Waals surface area contributed by atoms with E-state index in [2.05, 4.69) is 4.98 Å². The van der Waals surface area contributed by atoms with Gasteiger partial charge in [0.25, 0.3) is 6.43 Å². The van der Waals surface area contributed by atoms with Crippen LogP contribution < -0.4 is 4.74 Å². The number of hydrogen-bond donors (Lipinski definition) is 0. The Labute approximate surface area is 83.7 Å². The number of methoxy groups -OCH3 is 1. The Morgan fingerprint density at radius 3 is 2.71 bits per heavy atom. The van der Waals surface area contributed by atoms with E-state index in [4.69, 9.17) is 16.3 Å². The number of aldehydes is 1. The molecule has 14 heavy (non-hydrogen) atoms. The van der Waals surface area contributed by atoms with Crippen LogP contribution in [0.4, 0.5) is 8.78 Å². The van der Waals surface area contributed by atoms with Gasteiger partial charge < -0.3 is 4.74 Å². The van der Waals surface area contributed by atoms with Crippen LogP contribution in [-0.2, 0) is 0 Å². The van der Waals surface area contributed by atoms with E-state index in [-0.39, 0.29) is 16.5 Å². The molecule has 0 bridgehead atoms. The van der Waals surface area contributed by atoms with Gasteiger partial charge in [0.15, 0.2) is 6.29 Å².